The molecular formula is C20H22F4N2O2. The van der Waals surface area contributed by atoms with Gasteiger partial charge in [0.05, 0.1) is 6.04 Å². The number of hydrogen-bond acceptors (Lipinski definition) is 4. The third-order valence-corrected chi connectivity index (χ3v) is 5.23. The average molecular weight is 398 g/mol. The highest BCUT2D eigenvalue weighted by molar-refractivity contribution is 5.69. The van der Waals surface area contributed by atoms with E-state index < -0.39 is 35.9 Å². The van der Waals surface area contributed by atoms with Gasteiger partial charge in [-0.25, -0.2) is 4.39 Å². The van der Waals surface area contributed by atoms with Crippen LogP contribution < -0.4 is 5.32 Å². The Kier molecular flexibility index (Phi) is 5.04. The van der Waals surface area contributed by atoms with Crippen molar-refractivity contribution >= 4 is 6.21 Å². The summed E-state index contributed by atoms with van der Waals surface area (Å²) in [6, 6.07) is 2.87. The minimum atomic E-state index is -4.92. The number of hydrogen-bond donors (Lipinski definition) is 3. The standard InChI is InChI=1S/C20H22F4N2O2/c1-18(2,15-8-13(21)3-4-17(15)27)11-19(28,20(22,23)24)9-14-7-12-5-6-25-10-16(12)26-14/h3-8,10,12,16,26-28H,9,11H2,1-2H3. The lowest BCUT2D eigenvalue weighted by atomic mass is 9.73. The third-order valence-electron chi connectivity index (χ3n) is 5.23. The molecule has 3 rings (SSSR count). The molecule has 0 aliphatic carbocycles. The molecule has 1 aromatic rings. The largest absolute Gasteiger partial charge is 0.508 e. The zero-order valence-electron chi connectivity index (χ0n) is 15.5. The molecule has 0 amide bonds. The second-order valence-electron chi connectivity index (χ2n) is 8.01. The molecule has 0 saturated carbocycles. The number of aliphatic hydroxyl groups is 1. The van der Waals surface area contributed by atoms with E-state index in [-0.39, 0.29) is 29.0 Å². The molecule has 152 valence electrons. The molecular weight excluding hydrogens is 376 g/mol. The van der Waals surface area contributed by atoms with Crippen molar-refractivity contribution in [2.75, 3.05) is 0 Å². The van der Waals surface area contributed by atoms with E-state index in [1.54, 1.807) is 24.6 Å². The van der Waals surface area contributed by atoms with Crippen LogP contribution in [0.4, 0.5) is 17.6 Å². The normalized spacial score (nSPS) is 23.8. The summed E-state index contributed by atoms with van der Waals surface area (Å²) in [6.45, 7) is 2.87. The topological polar surface area (TPSA) is 64.9 Å². The van der Waals surface area contributed by atoms with Crippen LogP contribution in [0.25, 0.3) is 0 Å². The number of nitrogens with one attached hydrogen (secondary N) is 1. The first-order valence-corrected chi connectivity index (χ1v) is 8.87. The first-order valence-electron chi connectivity index (χ1n) is 8.87. The molecule has 0 radical (unpaired) electrons. The van der Waals surface area contributed by atoms with Crippen LogP contribution in [-0.4, -0.2) is 34.2 Å². The molecule has 3 N–H and O–H groups in total. The summed E-state index contributed by atoms with van der Waals surface area (Å²) in [4.78, 5) is 3.97. The van der Waals surface area contributed by atoms with E-state index in [4.69, 9.17) is 0 Å². The lowest BCUT2D eigenvalue weighted by Gasteiger charge is -2.38. The van der Waals surface area contributed by atoms with Gasteiger partial charge in [0.1, 0.15) is 11.6 Å². The van der Waals surface area contributed by atoms with E-state index in [1.807, 2.05) is 0 Å². The van der Waals surface area contributed by atoms with Crippen molar-refractivity contribution in [3.8, 4) is 5.75 Å². The fraction of sp³-hybridized carbons (Fsp3) is 0.450. The SMILES string of the molecule is CC(C)(CC(O)(CC1=CC2C=CN=CC2N1)C(F)(F)F)c1cc(F)ccc1O. The molecule has 2 heterocycles. The number of aromatic hydroxyl groups is 1. The van der Waals surface area contributed by atoms with E-state index in [1.165, 1.54) is 13.8 Å². The predicted molar refractivity (Wildman–Crippen MR) is 97.5 cm³/mol. The minimum Gasteiger partial charge on any atom is -0.508 e. The van der Waals surface area contributed by atoms with Gasteiger partial charge in [-0.15, -0.1) is 0 Å². The number of aliphatic imine (C=N–C) groups is 1. The third kappa shape index (κ3) is 3.92. The van der Waals surface area contributed by atoms with Gasteiger partial charge >= 0.3 is 6.18 Å². The van der Waals surface area contributed by atoms with Gasteiger partial charge in [0, 0.05) is 36.0 Å². The number of benzene rings is 1. The second kappa shape index (κ2) is 6.92. The molecule has 4 nitrogen and oxygen atoms in total. The van der Waals surface area contributed by atoms with E-state index in [2.05, 4.69) is 10.3 Å². The van der Waals surface area contributed by atoms with Crippen LogP contribution in [0.5, 0.6) is 5.75 Å². The number of rotatable bonds is 5. The van der Waals surface area contributed by atoms with Gasteiger partial charge in [-0.2, -0.15) is 13.2 Å². The van der Waals surface area contributed by atoms with E-state index in [0.29, 0.717) is 0 Å². The minimum absolute atomic E-state index is 0.00673. The molecule has 0 bridgehead atoms. The predicted octanol–water partition coefficient (Wildman–Crippen LogP) is 3.95. The molecule has 28 heavy (non-hydrogen) atoms. The van der Waals surface area contributed by atoms with Gasteiger partial charge in [-0.3, -0.25) is 4.99 Å². The molecule has 8 heteroatoms. The number of alkyl halides is 3. The van der Waals surface area contributed by atoms with Gasteiger partial charge in [0.25, 0.3) is 0 Å². The van der Waals surface area contributed by atoms with Crippen molar-refractivity contribution in [3.63, 3.8) is 0 Å². The number of halogens is 4. The van der Waals surface area contributed by atoms with Crippen LogP contribution in [0.3, 0.4) is 0 Å². The van der Waals surface area contributed by atoms with Gasteiger partial charge < -0.3 is 15.5 Å². The van der Waals surface area contributed by atoms with Gasteiger partial charge in [0.15, 0.2) is 5.60 Å². The van der Waals surface area contributed by atoms with Crippen LogP contribution in [0.1, 0.15) is 32.3 Å². The molecule has 0 spiro atoms. The van der Waals surface area contributed by atoms with Crippen molar-refractivity contribution < 1.29 is 27.8 Å². The quantitative estimate of drug-likeness (QED) is 0.658. The molecule has 2 aliphatic rings. The van der Waals surface area contributed by atoms with Crippen molar-refractivity contribution in [1.82, 2.24) is 5.32 Å². The summed E-state index contributed by atoms with van der Waals surface area (Å²) >= 11 is 0. The lowest BCUT2D eigenvalue weighted by Crippen LogP contribution is -2.50. The van der Waals surface area contributed by atoms with Crippen molar-refractivity contribution in [2.24, 2.45) is 10.9 Å². The maximum atomic E-state index is 13.9. The molecule has 0 fully saturated rings. The maximum Gasteiger partial charge on any atom is 0.417 e. The fourth-order valence-electron chi connectivity index (χ4n) is 3.86. The average Bonchev–Trinajstić information content (AvgIpc) is 2.97. The summed E-state index contributed by atoms with van der Waals surface area (Å²) in [5.74, 6) is -1.11. The number of phenols is 1. The van der Waals surface area contributed by atoms with Crippen LogP contribution in [-0.2, 0) is 5.41 Å². The first kappa shape index (κ1) is 20.4. The summed E-state index contributed by atoms with van der Waals surface area (Å²) < 4.78 is 55.2. The van der Waals surface area contributed by atoms with Crippen molar-refractivity contribution in [1.29, 1.82) is 0 Å². The smallest absolute Gasteiger partial charge is 0.417 e. The Morgan fingerprint density at radius 1 is 1.21 bits per heavy atom. The number of phenolic OH excluding ortho intramolecular Hbond substituents is 1. The molecule has 0 aromatic heterocycles. The van der Waals surface area contributed by atoms with E-state index >= 15 is 0 Å². The highest BCUT2D eigenvalue weighted by Gasteiger charge is 2.56. The first-order chi connectivity index (χ1) is 12.9. The van der Waals surface area contributed by atoms with E-state index in [0.717, 1.165) is 18.2 Å². The summed E-state index contributed by atoms with van der Waals surface area (Å²) in [6.07, 6.45) is 0.252. The monoisotopic (exact) mass is 398 g/mol. The van der Waals surface area contributed by atoms with E-state index in [9.17, 15) is 27.8 Å². The van der Waals surface area contributed by atoms with Crippen LogP contribution >= 0.6 is 0 Å². The Balaban J connectivity index is 1.88. The molecule has 3 unspecified atom stereocenters. The zero-order valence-corrected chi connectivity index (χ0v) is 15.5. The Morgan fingerprint density at radius 3 is 2.57 bits per heavy atom. The van der Waals surface area contributed by atoms with Gasteiger partial charge in [-0.05, 0) is 30.0 Å². The number of nitrogens with zero attached hydrogens (tertiary/aromatic N) is 1. The summed E-state index contributed by atoms with van der Waals surface area (Å²) in [7, 11) is 0. The Morgan fingerprint density at radius 2 is 1.93 bits per heavy atom. The Bertz CT molecular complexity index is 845. The molecule has 0 saturated heterocycles. The van der Waals surface area contributed by atoms with Crippen LogP contribution in [0.2, 0.25) is 0 Å². The van der Waals surface area contributed by atoms with Gasteiger partial charge in [0.2, 0.25) is 0 Å². The molecule has 2 aliphatic heterocycles. The van der Waals surface area contributed by atoms with Crippen LogP contribution in [0, 0.1) is 11.7 Å². The van der Waals surface area contributed by atoms with Gasteiger partial charge in [-0.1, -0.05) is 26.0 Å². The highest BCUT2D eigenvalue weighted by Crippen LogP contribution is 2.46. The summed E-state index contributed by atoms with van der Waals surface area (Å²) in [5, 5.41) is 23.6. The zero-order chi connectivity index (χ0) is 20.7. The Labute approximate surface area is 160 Å². The molecule has 3 atom stereocenters. The number of fused-ring (bicyclic) bond motifs is 1. The highest BCUT2D eigenvalue weighted by atomic mass is 19.4. The Hall–Kier alpha value is -2.35. The van der Waals surface area contributed by atoms with Crippen molar-refractivity contribution in [3.05, 3.63) is 53.6 Å². The maximum absolute atomic E-state index is 13.9. The molecule has 1 aromatic carbocycles. The lowest BCUT2D eigenvalue weighted by molar-refractivity contribution is -0.266. The fourth-order valence-corrected chi connectivity index (χ4v) is 3.86. The van der Waals surface area contributed by atoms with Crippen molar-refractivity contribution in [2.45, 2.75) is 49.9 Å². The van der Waals surface area contributed by atoms with Crippen LogP contribution in [0.15, 0.2) is 47.2 Å². The second-order valence-corrected chi connectivity index (χ2v) is 8.01. The summed E-state index contributed by atoms with van der Waals surface area (Å²) in [5.41, 5.74) is -4.13.